The molecule has 0 atom stereocenters. The van der Waals surface area contributed by atoms with Crippen LogP contribution in [0.25, 0.3) is 11.4 Å². The van der Waals surface area contributed by atoms with Gasteiger partial charge in [-0.15, -0.1) is 10.2 Å². The molecule has 2 aromatic carbocycles. The van der Waals surface area contributed by atoms with E-state index in [2.05, 4.69) is 39.8 Å². The fourth-order valence-electron chi connectivity index (χ4n) is 2.42. The van der Waals surface area contributed by atoms with Crippen molar-refractivity contribution in [2.75, 3.05) is 6.54 Å². The Morgan fingerprint density at radius 1 is 1.08 bits per heavy atom. The van der Waals surface area contributed by atoms with Crippen molar-refractivity contribution < 1.29 is 4.79 Å². The molecule has 1 aromatic heterocycles. The van der Waals surface area contributed by atoms with Crippen molar-refractivity contribution in [3.8, 4) is 11.4 Å². The summed E-state index contributed by atoms with van der Waals surface area (Å²) in [5, 5.41) is 15.0. The van der Waals surface area contributed by atoms with E-state index in [1.54, 1.807) is 0 Å². The maximum absolute atomic E-state index is 12.0. The highest BCUT2D eigenvalue weighted by Gasteiger charge is 2.08. The number of carbonyl (C=O) groups is 1. The number of nitrogens with zero attached hydrogens (tertiary/aromatic N) is 4. The number of aromatic nitrogens is 4. The first-order valence-corrected chi connectivity index (χ1v) is 7.87. The molecule has 1 heterocycles. The van der Waals surface area contributed by atoms with Gasteiger partial charge in [-0.05, 0) is 29.7 Å². The predicted octanol–water partition coefficient (Wildman–Crippen LogP) is 2.01. The largest absolute Gasteiger partial charge is 0.354 e. The van der Waals surface area contributed by atoms with Gasteiger partial charge in [0.1, 0.15) is 6.54 Å². The quantitative estimate of drug-likeness (QED) is 0.754. The molecule has 0 aliphatic carbocycles. The summed E-state index contributed by atoms with van der Waals surface area (Å²) < 4.78 is 0. The Morgan fingerprint density at radius 3 is 2.62 bits per heavy atom. The minimum absolute atomic E-state index is 0.0631. The molecule has 122 valence electrons. The van der Waals surface area contributed by atoms with Crippen LogP contribution in [0.3, 0.4) is 0 Å². The lowest BCUT2D eigenvalue weighted by Crippen LogP contribution is -2.30. The number of hydrogen-bond acceptors (Lipinski definition) is 4. The fourth-order valence-corrected chi connectivity index (χ4v) is 2.42. The standard InChI is InChI=1S/C18H19N5O/c1-14-7-5-6-8-15(14)11-12-19-17(24)13-23-21-18(20-22-23)16-9-3-2-4-10-16/h2-10H,11-13H2,1H3,(H,19,24). The average Bonchev–Trinajstić information content (AvgIpc) is 3.06. The molecule has 3 aromatic rings. The second-order valence-corrected chi connectivity index (χ2v) is 5.54. The van der Waals surface area contributed by atoms with E-state index in [1.165, 1.54) is 15.9 Å². The molecule has 0 aliphatic heterocycles. The van der Waals surface area contributed by atoms with Crippen molar-refractivity contribution in [2.24, 2.45) is 0 Å². The summed E-state index contributed by atoms with van der Waals surface area (Å²) in [5.41, 5.74) is 3.35. The van der Waals surface area contributed by atoms with E-state index in [9.17, 15) is 4.79 Å². The van der Waals surface area contributed by atoms with Gasteiger partial charge in [-0.3, -0.25) is 4.79 Å². The number of nitrogens with one attached hydrogen (secondary N) is 1. The number of carbonyl (C=O) groups excluding carboxylic acids is 1. The molecule has 3 rings (SSSR count). The zero-order valence-corrected chi connectivity index (χ0v) is 13.5. The molecular formula is C18H19N5O. The lowest BCUT2D eigenvalue weighted by Gasteiger charge is -2.07. The Labute approximate surface area is 140 Å². The average molecular weight is 321 g/mol. The van der Waals surface area contributed by atoms with Crippen molar-refractivity contribution in [3.63, 3.8) is 0 Å². The van der Waals surface area contributed by atoms with Crippen LogP contribution in [0.15, 0.2) is 54.6 Å². The zero-order valence-electron chi connectivity index (χ0n) is 13.5. The van der Waals surface area contributed by atoms with Crippen molar-refractivity contribution >= 4 is 5.91 Å². The predicted molar refractivity (Wildman–Crippen MR) is 91.1 cm³/mol. The molecule has 0 fully saturated rings. The molecule has 0 saturated heterocycles. The molecule has 0 bridgehead atoms. The van der Waals surface area contributed by atoms with E-state index in [4.69, 9.17) is 0 Å². The molecule has 0 aliphatic rings. The van der Waals surface area contributed by atoms with Crippen molar-refractivity contribution in [1.82, 2.24) is 25.5 Å². The van der Waals surface area contributed by atoms with Gasteiger partial charge in [0.2, 0.25) is 11.7 Å². The van der Waals surface area contributed by atoms with Crippen LogP contribution in [0.1, 0.15) is 11.1 Å². The summed E-state index contributed by atoms with van der Waals surface area (Å²) in [6.45, 7) is 2.72. The molecule has 0 unspecified atom stereocenters. The van der Waals surface area contributed by atoms with Crippen LogP contribution in [0.5, 0.6) is 0 Å². The zero-order chi connectivity index (χ0) is 16.8. The fraction of sp³-hybridized carbons (Fsp3) is 0.222. The summed E-state index contributed by atoms with van der Waals surface area (Å²) in [6.07, 6.45) is 0.804. The topological polar surface area (TPSA) is 72.7 Å². The van der Waals surface area contributed by atoms with Crippen LogP contribution in [0.2, 0.25) is 0 Å². The summed E-state index contributed by atoms with van der Waals surface area (Å²) in [6, 6.07) is 17.7. The summed E-state index contributed by atoms with van der Waals surface area (Å²) >= 11 is 0. The van der Waals surface area contributed by atoms with Crippen LogP contribution in [0, 0.1) is 6.92 Å². The van der Waals surface area contributed by atoms with Gasteiger partial charge in [0.15, 0.2) is 0 Å². The lowest BCUT2D eigenvalue weighted by atomic mass is 10.1. The summed E-state index contributed by atoms with van der Waals surface area (Å²) in [5.74, 6) is 0.393. The van der Waals surface area contributed by atoms with Crippen molar-refractivity contribution in [2.45, 2.75) is 19.9 Å². The minimum atomic E-state index is -0.124. The summed E-state index contributed by atoms with van der Waals surface area (Å²) in [4.78, 5) is 13.3. The molecule has 0 saturated carbocycles. The maximum Gasteiger partial charge on any atom is 0.243 e. The third kappa shape index (κ3) is 4.04. The Hall–Kier alpha value is -3.02. The second-order valence-electron chi connectivity index (χ2n) is 5.54. The van der Waals surface area contributed by atoms with Gasteiger partial charge in [-0.25, -0.2) is 0 Å². The number of hydrogen-bond donors (Lipinski definition) is 1. The van der Waals surface area contributed by atoms with Gasteiger partial charge in [-0.2, -0.15) is 4.80 Å². The van der Waals surface area contributed by atoms with E-state index >= 15 is 0 Å². The van der Waals surface area contributed by atoms with Crippen LogP contribution in [-0.2, 0) is 17.8 Å². The normalized spacial score (nSPS) is 10.5. The monoisotopic (exact) mass is 321 g/mol. The van der Waals surface area contributed by atoms with Gasteiger partial charge >= 0.3 is 0 Å². The Balaban J connectivity index is 1.51. The van der Waals surface area contributed by atoms with Crippen LogP contribution in [0.4, 0.5) is 0 Å². The molecule has 24 heavy (non-hydrogen) atoms. The highest BCUT2D eigenvalue weighted by Crippen LogP contribution is 2.11. The Bertz CT molecular complexity index is 813. The first-order chi connectivity index (χ1) is 11.7. The van der Waals surface area contributed by atoms with E-state index in [0.29, 0.717) is 12.4 Å². The van der Waals surface area contributed by atoms with Gasteiger partial charge in [0, 0.05) is 12.1 Å². The molecule has 1 N–H and O–H groups in total. The second kappa shape index (κ2) is 7.50. The molecule has 6 heteroatoms. The number of aryl methyl sites for hydroxylation is 1. The van der Waals surface area contributed by atoms with E-state index in [0.717, 1.165) is 12.0 Å². The minimum Gasteiger partial charge on any atom is -0.354 e. The van der Waals surface area contributed by atoms with Crippen molar-refractivity contribution in [3.05, 3.63) is 65.7 Å². The first-order valence-electron chi connectivity index (χ1n) is 7.87. The van der Waals surface area contributed by atoms with Gasteiger partial charge < -0.3 is 5.32 Å². The van der Waals surface area contributed by atoms with Gasteiger partial charge in [0.25, 0.3) is 0 Å². The molecule has 0 radical (unpaired) electrons. The number of amides is 1. The van der Waals surface area contributed by atoms with Crippen LogP contribution >= 0.6 is 0 Å². The SMILES string of the molecule is Cc1ccccc1CCNC(=O)Cn1nnc(-c2ccccc2)n1. The molecule has 0 spiro atoms. The molecular weight excluding hydrogens is 302 g/mol. The van der Waals surface area contributed by atoms with Crippen LogP contribution in [-0.4, -0.2) is 32.7 Å². The van der Waals surface area contributed by atoms with Crippen LogP contribution < -0.4 is 5.32 Å². The van der Waals surface area contributed by atoms with Gasteiger partial charge in [0.05, 0.1) is 0 Å². The third-order valence-electron chi connectivity index (χ3n) is 3.75. The number of benzene rings is 2. The Morgan fingerprint density at radius 2 is 1.83 bits per heavy atom. The summed E-state index contributed by atoms with van der Waals surface area (Å²) in [7, 11) is 0. The third-order valence-corrected chi connectivity index (χ3v) is 3.75. The Kier molecular flexibility index (Phi) is 4.96. The molecule has 1 amide bonds. The molecule has 6 nitrogen and oxygen atoms in total. The maximum atomic E-state index is 12.0. The van der Waals surface area contributed by atoms with Crippen molar-refractivity contribution in [1.29, 1.82) is 0 Å². The highest BCUT2D eigenvalue weighted by molar-refractivity contribution is 5.75. The highest BCUT2D eigenvalue weighted by atomic mass is 16.2. The number of tetrazole rings is 1. The smallest absolute Gasteiger partial charge is 0.243 e. The van der Waals surface area contributed by atoms with E-state index in [-0.39, 0.29) is 12.5 Å². The van der Waals surface area contributed by atoms with E-state index in [1.807, 2.05) is 42.5 Å². The first kappa shape index (κ1) is 15.9. The lowest BCUT2D eigenvalue weighted by molar-refractivity contribution is -0.122. The van der Waals surface area contributed by atoms with E-state index < -0.39 is 0 Å². The van der Waals surface area contributed by atoms with Gasteiger partial charge in [-0.1, -0.05) is 54.6 Å². The number of rotatable bonds is 6.